The Bertz CT molecular complexity index is 1510. The standard InChI is InChI=1S/C29H28FN5O2/c1-15-12-18(28-32-34-35(3)33-28)13-16(2)26(15)20-8-10-24(30)27-21(20)9-11-25(27)31-19-6-4-17(5-7-19)22-14-23(22)29(36)37/h4-8,10,12-13,22-23,25,31H,9,11,14H2,1-3H3,(H,36,37)/t22-,23+,25-/m1/s1. The van der Waals surface area contributed by atoms with E-state index in [2.05, 4.69) is 46.7 Å². The number of hydrogen-bond donors (Lipinski definition) is 2. The largest absolute Gasteiger partial charge is 0.481 e. The lowest BCUT2D eigenvalue weighted by molar-refractivity contribution is -0.138. The molecule has 0 spiro atoms. The summed E-state index contributed by atoms with van der Waals surface area (Å²) < 4.78 is 15.2. The average Bonchev–Trinajstić information content (AvgIpc) is 3.38. The Morgan fingerprint density at radius 2 is 1.84 bits per heavy atom. The predicted molar refractivity (Wildman–Crippen MR) is 139 cm³/mol. The van der Waals surface area contributed by atoms with Crippen LogP contribution in [0.2, 0.25) is 0 Å². The number of carboxylic acid groups (broad SMARTS) is 1. The predicted octanol–water partition coefficient (Wildman–Crippen LogP) is 5.59. The van der Waals surface area contributed by atoms with E-state index in [1.54, 1.807) is 13.1 Å². The molecule has 1 heterocycles. The summed E-state index contributed by atoms with van der Waals surface area (Å²) in [6, 6.07) is 15.4. The average molecular weight is 498 g/mol. The fourth-order valence-corrected chi connectivity index (χ4v) is 5.87. The van der Waals surface area contributed by atoms with Gasteiger partial charge in [0.15, 0.2) is 0 Å². The Labute approximate surface area is 214 Å². The highest BCUT2D eigenvalue weighted by molar-refractivity contribution is 5.79. The molecule has 2 aliphatic rings. The number of nitrogens with zero attached hydrogens (tertiary/aromatic N) is 4. The van der Waals surface area contributed by atoms with Gasteiger partial charge in [-0.05, 0) is 108 Å². The Hall–Kier alpha value is -4.07. The molecule has 7 nitrogen and oxygen atoms in total. The van der Waals surface area contributed by atoms with Crippen LogP contribution >= 0.6 is 0 Å². The van der Waals surface area contributed by atoms with Crippen LogP contribution in [0.15, 0.2) is 48.5 Å². The molecule has 1 aromatic heterocycles. The molecule has 37 heavy (non-hydrogen) atoms. The molecule has 3 atom stereocenters. The molecular formula is C29H28FN5O2. The molecule has 0 amide bonds. The van der Waals surface area contributed by atoms with E-state index >= 15 is 4.39 Å². The van der Waals surface area contributed by atoms with E-state index in [1.165, 1.54) is 4.80 Å². The molecule has 1 fully saturated rings. The van der Waals surface area contributed by atoms with Crippen molar-refractivity contribution in [1.29, 1.82) is 0 Å². The maximum atomic E-state index is 15.2. The van der Waals surface area contributed by atoms with Gasteiger partial charge in [-0.15, -0.1) is 10.2 Å². The number of carbonyl (C=O) groups is 1. The van der Waals surface area contributed by atoms with Gasteiger partial charge >= 0.3 is 5.97 Å². The molecule has 0 aliphatic heterocycles. The van der Waals surface area contributed by atoms with Crippen molar-refractivity contribution in [3.05, 3.63) is 82.2 Å². The minimum atomic E-state index is -0.730. The third-order valence-electron chi connectivity index (χ3n) is 7.69. The van der Waals surface area contributed by atoms with Crippen molar-refractivity contribution in [3.63, 3.8) is 0 Å². The van der Waals surface area contributed by atoms with Crippen LogP contribution in [0, 0.1) is 25.6 Å². The molecule has 0 unspecified atom stereocenters. The van der Waals surface area contributed by atoms with Crippen molar-refractivity contribution in [1.82, 2.24) is 20.2 Å². The first-order valence-electron chi connectivity index (χ1n) is 12.6. The van der Waals surface area contributed by atoms with Crippen LogP contribution in [0.3, 0.4) is 0 Å². The Morgan fingerprint density at radius 1 is 1.11 bits per heavy atom. The Morgan fingerprint density at radius 3 is 2.46 bits per heavy atom. The topological polar surface area (TPSA) is 92.9 Å². The summed E-state index contributed by atoms with van der Waals surface area (Å²) in [5.74, 6) is -0.512. The quantitative estimate of drug-likeness (QED) is 0.361. The molecule has 8 heteroatoms. The fourth-order valence-electron chi connectivity index (χ4n) is 5.87. The second kappa shape index (κ2) is 8.80. The van der Waals surface area contributed by atoms with E-state index in [4.69, 9.17) is 0 Å². The monoisotopic (exact) mass is 497 g/mol. The number of fused-ring (bicyclic) bond motifs is 1. The highest BCUT2D eigenvalue weighted by Gasteiger charge is 2.44. The Kier molecular flexibility index (Phi) is 5.55. The number of aromatic nitrogens is 4. The van der Waals surface area contributed by atoms with Gasteiger partial charge in [-0.3, -0.25) is 4.79 Å². The van der Waals surface area contributed by atoms with Gasteiger partial charge in [0.05, 0.1) is 19.0 Å². The van der Waals surface area contributed by atoms with Gasteiger partial charge in [-0.1, -0.05) is 18.2 Å². The summed E-state index contributed by atoms with van der Waals surface area (Å²) in [6.45, 7) is 4.14. The zero-order chi connectivity index (χ0) is 25.8. The van der Waals surface area contributed by atoms with E-state index in [9.17, 15) is 9.90 Å². The van der Waals surface area contributed by atoms with Gasteiger partial charge in [0.2, 0.25) is 5.82 Å². The number of aryl methyl sites for hydroxylation is 3. The number of anilines is 1. The van der Waals surface area contributed by atoms with Crippen LogP contribution in [-0.2, 0) is 18.3 Å². The highest BCUT2D eigenvalue weighted by atomic mass is 19.1. The molecule has 2 aliphatic carbocycles. The van der Waals surface area contributed by atoms with Crippen LogP contribution in [0.5, 0.6) is 0 Å². The molecule has 3 aromatic carbocycles. The number of hydrogen-bond acceptors (Lipinski definition) is 5. The summed E-state index contributed by atoms with van der Waals surface area (Å²) >= 11 is 0. The lowest BCUT2D eigenvalue weighted by Crippen LogP contribution is -2.09. The van der Waals surface area contributed by atoms with E-state index in [0.717, 1.165) is 63.0 Å². The van der Waals surface area contributed by atoms with Gasteiger partial charge < -0.3 is 10.4 Å². The summed E-state index contributed by atoms with van der Waals surface area (Å²) in [5.41, 5.74) is 9.00. The fraction of sp³-hybridized carbons (Fsp3) is 0.310. The molecule has 2 N–H and O–H groups in total. The van der Waals surface area contributed by atoms with Crippen LogP contribution < -0.4 is 5.32 Å². The SMILES string of the molecule is Cc1cc(-c2nnn(C)n2)cc(C)c1-c1ccc(F)c2c1CC[C@H]2Nc1ccc([C@H]2C[C@@H]2C(=O)O)cc1. The number of aliphatic carboxylic acids is 1. The zero-order valence-electron chi connectivity index (χ0n) is 21.0. The highest BCUT2D eigenvalue weighted by Crippen LogP contribution is 2.48. The van der Waals surface area contributed by atoms with Crippen LogP contribution in [0.25, 0.3) is 22.5 Å². The normalized spacial score (nSPS) is 20.1. The first kappa shape index (κ1) is 23.3. The molecule has 1 saturated carbocycles. The van der Waals surface area contributed by atoms with Gasteiger partial charge in [-0.25, -0.2) is 4.39 Å². The molecule has 188 valence electrons. The lowest BCUT2D eigenvalue weighted by atomic mass is 9.89. The van der Waals surface area contributed by atoms with Crippen molar-refractivity contribution in [3.8, 4) is 22.5 Å². The molecule has 0 saturated heterocycles. The van der Waals surface area contributed by atoms with E-state index in [1.807, 2.05) is 30.3 Å². The molecule has 6 rings (SSSR count). The molecular weight excluding hydrogens is 469 g/mol. The van der Waals surface area contributed by atoms with Crippen molar-refractivity contribution < 1.29 is 14.3 Å². The summed E-state index contributed by atoms with van der Waals surface area (Å²) in [6.07, 6.45) is 2.28. The van der Waals surface area contributed by atoms with Gasteiger partial charge in [-0.2, -0.15) is 4.80 Å². The molecule has 0 radical (unpaired) electrons. The van der Waals surface area contributed by atoms with Gasteiger partial charge in [0.25, 0.3) is 0 Å². The molecule has 0 bridgehead atoms. The first-order chi connectivity index (χ1) is 17.8. The number of carboxylic acids is 1. The van der Waals surface area contributed by atoms with E-state index in [-0.39, 0.29) is 23.7 Å². The maximum Gasteiger partial charge on any atom is 0.307 e. The zero-order valence-corrected chi connectivity index (χ0v) is 21.0. The Balaban J connectivity index is 1.29. The minimum Gasteiger partial charge on any atom is -0.481 e. The number of tetrazole rings is 1. The van der Waals surface area contributed by atoms with E-state index in [0.29, 0.717) is 12.2 Å². The van der Waals surface area contributed by atoms with Crippen LogP contribution in [-0.4, -0.2) is 31.3 Å². The molecule has 4 aromatic rings. The minimum absolute atomic E-state index is 0.0985. The smallest absolute Gasteiger partial charge is 0.307 e. The maximum absolute atomic E-state index is 15.2. The summed E-state index contributed by atoms with van der Waals surface area (Å²) in [7, 11) is 1.74. The summed E-state index contributed by atoms with van der Waals surface area (Å²) in [4.78, 5) is 12.6. The number of nitrogens with one attached hydrogen (secondary N) is 1. The first-order valence-corrected chi connectivity index (χ1v) is 12.6. The number of rotatable bonds is 6. The van der Waals surface area contributed by atoms with Crippen molar-refractivity contribution >= 4 is 11.7 Å². The number of benzene rings is 3. The van der Waals surface area contributed by atoms with Crippen LogP contribution in [0.1, 0.15) is 52.6 Å². The van der Waals surface area contributed by atoms with Gasteiger partial charge in [0.1, 0.15) is 5.82 Å². The third kappa shape index (κ3) is 4.16. The van der Waals surface area contributed by atoms with Gasteiger partial charge in [0, 0.05) is 16.8 Å². The second-order valence-corrected chi connectivity index (χ2v) is 10.2. The second-order valence-electron chi connectivity index (χ2n) is 10.2. The summed E-state index contributed by atoms with van der Waals surface area (Å²) in [5, 5.41) is 25.1. The van der Waals surface area contributed by atoms with Crippen molar-refractivity contribution in [2.24, 2.45) is 13.0 Å². The van der Waals surface area contributed by atoms with Crippen molar-refractivity contribution in [2.75, 3.05) is 5.32 Å². The number of halogens is 1. The lowest BCUT2D eigenvalue weighted by Gasteiger charge is -2.19. The third-order valence-corrected chi connectivity index (χ3v) is 7.69. The van der Waals surface area contributed by atoms with Crippen molar-refractivity contribution in [2.45, 2.75) is 45.1 Å². The van der Waals surface area contributed by atoms with Crippen LogP contribution in [0.4, 0.5) is 10.1 Å². The van der Waals surface area contributed by atoms with E-state index < -0.39 is 5.97 Å².